The Morgan fingerprint density at radius 1 is 0.926 bits per heavy atom. The van der Waals surface area contributed by atoms with Crippen LogP contribution in [0.2, 0.25) is 0 Å². The number of carbonyl (C=O) groups excluding carboxylic acids is 1. The van der Waals surface area contributed by atoms with Crippen LogP contribution in [0.15, 0.2) is 79.4 Å². The van der Waals surface area contributed by atoms with Crippen LogP contribution in [0.25, 0.3) is 22.3 Å². The lowest BCUT2D eigenvalue weighted by molar-refractivity contribution is -0.128. The number of esters is 1. The van der Waals surface area contributed by atoms with Gasteiger partial charge in [0.05, 0.1) is 0 Å². The predicted molar refractivity (Wildman–Crippen MR) is 103 cm³/mol. The van der Waals surface area contributed by atoms with Crippen molar-refractivity contribution in [3.8, 4) is 33.8 Å². The molecule has 0 spiro atoms. The Labute approximate surface area is 156 Å². The van der Waals surface area contributed by atoms with Crippen LogP contribution in [0.5, 0.6) is 11.5 Å². The van der Waals surface area contributed by atoms with Gasteiger partial charge in [0.15, 0.2) is 0 Å². The molecule has 0 fully saturated rings. The van der Waals surface area contributed by atoms with Gasteiger partial charge in [-0.15, -0.1) is 0 Å². The maximum Gasteiger partial charge on any atom is 0.335 e. The number of phenols is 1. The Balaban J connectivity index is 0.00000126. The molecule has 3 aromatic carbocycles. The van der Waals surface area contributed by atoms with Gasteiger partial charge in [-0.05, 0) is 47.0 Å². The number of hydrogen-bond acceptors (Lipinski definition) is 4. The zero-order chi connectivity index (χ0) is 19.8. The molecule has 4 nitrogen and oxygen atoms in total. The minimum atomic E-state index is -0.544. The third kappa shape index (κ3) is 5.03. The number of aromatic hydroxyl groups is 1. The van der Waals surface area contributed by atoms with E-state index >= 15 is 0 Å². The highest BCUT2D eigenvalue weighted by molar-refractivity contribution is 5.83. The summed E-state index contributed by atoms with van der Waals surface area (Å²) in [7, 11) is 1.00. The largest absolute Gasteiger partial charge is 0.508 e. The molecule has 0 aliphatic rings. The number of benzene rings is 3. The summed E-state index contributed by atoms with van der Waals surface area (Å²) in [6.07, 6.45) is 1.08. The second-order valence-corrected chi connectivity index (χ2v) is 5.39. The van der Waals surface area contributed by atoms with Crippen molar-refractivity contribution in [2.45, 2.75) is 0 Å². The van der Waals surface area contributed by atoms with E-state index in [1.807, 2.05) is 6.07 Å². The van der Waals surface area contributed by atoms with Crippen LogP contribution in [0, 0.1) is 5.82 Å². The molecule has 0 aliphatic carbocycles. The molecule has 0 heterocycles. The van der Waals surface area contributed by atoms with Gasteiger partial charge in [-0.2, -0.15) is 0 Å². The smallest absolute Gasteiger partial charge is 0.335 e. The Morgan fingerprint density at radius 3 is 2.04 bits per heavy atom. The predicted octanol–water partition coefficient (Wildman–Crippen LogP) is 4.57. The number of aliphatic hydroxyl groups excluding tert-OH is 1. The fourth-order valence-electron chi connectivity index (χ4n) is 2.44. The SMILES string of the molecule is C=CC(=O)Oc1ccc(-c2ccc(-c3ccc(O)cc3)cc2F)cc1.CO. The zero-order valence-electron chi connectivity index (χ0n) is 14.7. The molecule has 0 aromatic heterocycles. The molecule has 27 heavy (non-hydrogen) atoms. The van der Waals surface area contributed by atoms with E-state index < -0.39 is 5.97 Å². The Hall–Kier alpha value is -3.44. The molecule has 5 heteroatoms. The van der Waals surface area contributed by atoms with Crippen LogP contribution in [0.1, 0.15) is 0 Å². The Kier molecular flexibility index (Phi) is 6.86. The first kappa shape index (κ1) is 19.9. The van der Waals surface area contributed by atoms with E-state index in [0.717, 1.165) is 24.3 Å². The fourth-order valence-corrected chi connectivity index (χ4v) is 2.44. The second-order valence-electron chi connectivity index (χ2n) is 5.39. The molecular weight excluding hydrogens is 347 g/mol. The maximum atomic E-state index is 14.5. The number of ether oxygens (including phenoxy) is 1. The van der Waals surface area contributed by atoms with Crippen molar-refractivity contribution in [3.05, 3.63) is 85.2 Å². The molecule has 0 saturated heterocycles. The van der Waals surface area contributed by atoms with Crippen LogP contribution < -0.4 is 4.74 Å². The summed E-state index contributed by atoms with van der Waals surface area (Å²) >= 11 is 0. The molecule has 0 amide bonds. The summed E-state index contributed by atoms with van der Waals surface area (Å²) in [5.74, 6) is -0.369. The van der Waals surface area contributed by atoms with E-state index in [1.54, 1.807) is 54.6 Å². The summed E-state index contributed by atoms with van der Waals surface area (Å²) in [5.41, 5.74) is 2.66. The number of rotatable bonds is 4. The Bertz CT molecular complexity index is 916. The van der Waals surface area contributed by atoms with E-state index in [-0.39, 0.29) is 11.6 Å². The van der Waals surface area contributed by atoms with Crippen LogP contribution in [-0.2, 0) is 4.79 Å². The first-order chi connectivity index (χ1) is 13.1. The van der Waals surface area contributed by atoms with Crippen LogP contribution >= 0.6 is 0 Å². The van der Waals surface area contributed by atoms with Gasteiger partial charge >= 0.3 is 5.97 Å². The lowest BCUT2D eigenvalue weighted by Gasteiger charge is -2.08. The first-order valence-electron chi connectivity index (χ1n) is 8.05. The topological polar surface area (TPSA) is 66.8 Å². The third-order valence-electron chi connectivity index (χ3n) is 3.72. The summed E-state index contributed by atoms with van der Waals surface area (Å²) in [6, 6.07) is 18.1. The van der Waals surface area contributed by atoms with E-state index in [4.69, 9.17) is 9.84 Å². The van der Waals surface area contributed by atoms with Crippen LogP contribution in [0.3, 0.4) is 0 Å². The minimum Gasteiger partial charge on any atom is -0.508 e. The average molecular weight is 366 g/mol. The molecule has 0 unspecified atom stereocenters. The van der Waals surface area contributed by atoms with Gasteiger partial charge < -0.3 is 14.9 Å². The summed E-state index contributed by atoms with van der Waals surface area (Å²) in [6.45, 7) is 3.33. The van der Waals surface area contributed by atoms with Crippen LogP contribution in [0.4, 0.5) is 4.39 Å². The van der Waals surface area contributed by atoms with Crippen molar-refractivity contribution in [3.63, 3.8) is 0 Å². The molecule has 0 radical (unpaired) electrons. The van der Waals surface area contributed by atoms with E-state index in [1.165, 1.54) is 6.07 Å². The standard InChI is InChI=1S/C21H15FO3.CH4O/c1-2-21(24)25-18-10-5-15(6-11-18)19-12-7-16(13-20(19)22)14-3-8-17(23)9-4-14;1-2/h2-13,23H,1H2;2H,1H3. The zero-order valence-corrected chi connectivity index (χ0v) is 14.7. The number of phenolic OH excluding ortho intramolecular Hbond substituents is 1. The van der Waals surface area contributed by atoms with E-state index in [2.05, 4.69) is 6.58 Å². The van der Waals surface area contributed by atoms with Crippen molar-refractivity contribution in [2.24, 2.45) is 0 Å². The molecular formula is C22H19FO4. The second kappa shape index (κ2) is 9.31. The van der Waals surface area contributed by atoms with Crippen molar-refractivity contribution < 1.29 is 24.1 Å². The molecule has 138 valence electrons. The normalized spacial score (nSPS) is 9.74. The van der Waals surface area contributed by atoms with Crippen molar-refractivity contribution >= 4 is 5.97 Å². The third-order valence-corrected chi connectivity index (χ3v) is 3.72. The summed E-state index contributed by atoms with van der Waals surface area (Å²) in [4.78, 5) is 11.2. The molecule has 0 atom stereocenters. The molecule has 0 bridgehead atoms. The highest BCUT2D eigenvalue weighted by atomic mass is 19.1. The van der Waals surface area contributed by atoms with E-state index in [0.29, 0.717) is 16.9 Å². The summed E-state index contributed by atoms with van der Waals surface area (Å²) < 4.78 is 19.5. The van der Waals surface area contributed by atoms with Crippen molar-refractivity contribution in [1.82, 2.24) is 0 Å². The van der Waals surface area contributed by atoms with Crippen molar-refractivity contribution in [1.29, 1.82) is 0 Å². The molecule has 0 saturated carbocycles. The van der Waals surface area contributed by atoms with E-state index in [9.17, 15) is 14.3 Å². The number of hydrogen-bond donors (Lipinski definition) is 2. The first-order valence-corrected chi connectivity index (χ1v) is 8.05. The fraction of sp³-hybridized carbons (Fsp3) is 0.0455. The van der Waals surface area contributed by atoms with Gasteiger partial charge in [0.25, 0.3) is 0 Å². The van der Waals surface area contributed by atoms with Gasteiger partial charge in [0, 0.05) is 18.7 Å². The van der Waals surface area contributed by atoms with Gasteiger partial charge in [-0.25, -0.2) is 9.18 Å². The average Bonchev–Trinajstić information content (AvgIpc) is 2.70. The molecule has 3 aromatic rings. The summed E-state index contributed by atoms with van der Waals surface area (Å²) in [5, 5.41) is 16.3. The van der Waals surface area contributed by atoms with Gasteiger partial charge in [-0.1, -0.05) is 43.0 Å². The van der Waals surface area contributed by atoms with Gasteiger partial charge in [-0.3, -0.25) is 0 Å². The number of carbonyl (C=O) groups is 1. The molecule has 2 N–H and O–H groups in total. The van der Waals surface area contributed by atoms with Crippen molar-refractivity contribution in [2.75, 3.05) is 7.11 Å². The monoisotopic (exact) mass is 366 g/mol. The lowest BCUT2D eigenvalue weighted by Crippen LogP contribution is -2.02. The Morgan fingerprint density at radius 2 is 1.48 bits per heavy atom. The molecule has 3 rings (SSSR count). The maximum absolute atomic E-state index is 14.5. The number of halogens is 1. The lowest BCUT2D eigenvalue weighted by atomic mass is 9.99. The van der Waals surface area contributed by atoms with Crippen LogP contribution in [-0.4, -0.2) is 23.3 Å². The highest BCUT2D eigenvalue weighted by Crippen LogP contribution is 2.29. The van der Waals surface area contributed by atoms with Gasteiger partial charge in [0.1, 0.15) is 17.3 Å². The number of aliphatic hydroxyl groups is 1. The quantitative estimate of drug-likeness (QED) is 0.403. The van der Waals surface area contributed by atoms with Gasteiger partial charge in [0.2, 0.25) is 0 Å². The molecule has 0 aliphatic heterocycles. The minimum absolute atomic E-state index is 0.165. The highest BCUT2D eigenvalue weighted by Gasteiger charge is 2.08.